The number of rotatable bonds is 5. The minimum Gasteiger partial charge on any atom is -0.376 e. The highest BCUT2D eigenvalue weighted by Crippen LogP contribution is 2.21. The van der Waals surface area contributed by atoms with E-state index in [0.29, 0.717) is 16.9 Å². The Bertz CT molecular complexity index is 673. The standard InChI is InChI=1S/C15H14BrN3O2/c16-12-6-1-2-7-13(12)19-14(20)9-18-11-5-3-4-10(8-11)15(17)21/h1-8,18H,9H2,(H2,17,21)(H,19,20). The largest absolute Gasteiger partial charge is 0.376 e. The number of benzene rings is 2. The number of primary amides is 1. The SMILES string of the molecule is NC(=O)c1cccc(NCC(=O)Nc2ccccc2Br)c1. The topological polar surface area (TPSA) is 84.2 Å². The maximum Gasteiger partial charge on any atom is 0.248 e. The van der Waals surface area contributed by atoms with Crippen molar-refractivity contribution in [3.63, 3.8) is 0 Å². The van der Waals surface area contributed by atoms with Crippen LogP contribution >= 0.6 is 15.9 Å². The Balaban J connectivity index is 1.94. The molecule has 2 rings (SSSR count). The normalized spacial score (nSPS) is 9.95. The molecular formula is C15H14BrN3O2. The van der Waals surface area contributed by atoms with E-state index in [1.807, 2.05) is 18.2 Å². The van der Waals surface area contributed by atoms with Gasteiger partial charge in [0.25, 0.3) is 0 Å². The molecule has 2 amide bonds. The molecule has 0 aliphatic heterocycles. The number of carbonyl (C=O) groups excluding carboxylic acids is 2. The summed E-state index contributed by atoms with van der Waals surface area (Å²) in [5.41, 5.74) is 6.97. The fraction of sp³-hybridized carbons (Fsp3) is 0.0667. The van der Waals surface area contributed by atoms with E-state index < -0.39 is 5.91 Å². The fourth-order valence-corrected chi connectivity index (χ4v) is 2.11. The lowest BCUT2D eigenvalue weighted by Gasteiger charge is -2.09. The van der Waals surface area contributed by atoms with Crippen molar-refractivity contribution in [2.75, 3.05) is 17.2 Å². The summed E-state index contributed by atoms with van der Waals surface area (Å²) < 4.78 is 0.814. The van der Waals surface area contributed by atoms with Crippen molar-refractivity contribution in [1.29, 1.82) is 0 Å². The Hall–Kier alpha value is -2.34. The Labute approximate surface area is 130 Å². The lowest BCUT2D eigenvalue weighted by Crippen LogP contribution is -2.22. The van der Waals surface area contributed by atoms with Gasteiger partial charge in [-0.15, -0.1) is 0 Å². The molecule has 0 saturated carbocycles. The van der Waals surface area contributed by atoms with E-state index >= 15 is 0 Å². The summed E-state index contributed by atoms with van der Waals surface area (Å²) in [5, 5.41) is 5.72. The predicted molar refractivity (Wildman–Crippen MR) is 86.2 cm³/mol. The van der Waals surface area contributed by atoms with Gasteiger partial charge in [0, 0.05) is 15.7 Å². The van der Waals surface area contributed by atoms with Crippen LogP contribution in [0, 0.1) is 0 Å². The van der Waals surface area contributed by atoms with Crippen LogP contribution in [0.4, 0.5) is 11.4 Å². The van der Waals surface area contributed by atoms with Crippen LogP contribution in [0.5, 0.6) is 0 Å². The highest BCUT2D eigenvalue weighted by atomic mass is 79.9. The van der Waals surface area contributed by atoms with E-state index in [4.69, 9.17) is 5.73 Å². The molecule has 0 spiro atoms. The number of amides is 2. The Morgan fingerprint density at radius 2 is 1.86 bits per heavy atom. The van der Waals surface area contributed by atoms with Gasteiger partial charge >= 0.3 is 0 Å². The highest BCUT2D eigenvalue weighted by molar-refractivity contribution is 9.10. The average molecular weight is 348 g/mol. The quantitative estimate of drug-likeness (QED) is 0.777. The lowest BCUT2D eigenvalue weighted by atomic mass is 10.2. The van der Waals surface area contributed by atoms with E-state index in [1.165, 1.54) is 0 Å². The number of halogens is 1. The molecule has 5 nitrogen and oxygen atoms in total. The van der Waals surface area contributed by atoms with Gasteiger partial charge in [-0.1, -0.05) is 18.2 Å². The molecule has 0 saturated heterocycles. The molecule has 0 aromatic heterocycles. The second-order valence-electron chi connectivity index (χ2n) is 4.33. The van der Waals surface area contributed by atoms with E-state index in [-0.39, 0.29) is 12.5 Å². The summed E-state index contributed by atoms with van der Waals surface area (Å²) >= 11 is 3.36. The fourth-order valence-electron chi connectivity index (χ4n) is 1.72. The molecule has 21 heavy (non-hydrogen) atoms. The number of para-hydroxylation sites is 1. The van der Waals surface area contributed by atoms with Crippen molar-refractivity contribution < 1.29 is 9.59 Å². The van der Waals surface area contributed by atoms with Gasteiger partial charge < -0.3 is 16.4 Å². The van der Waals surface area contributed by atoms with E-state index in [2.05, 4.69) is 26.6 Å². The van der Waals surface area contributed by atoms with E-state index in [1.54, 1.807) is 30.3 Å². The zero-order valence-electron chi connectivity index (χ0n) is 11.1. The molecule has 2 aromatic rings. The van der Waals surface area contributed by atoms with Crippen molar-refractivity contribution in [3.05, 3.63) is 58.6 Å². The second-order valence-corrected chi connectivity index (χ2v) is 5.18. The third kappa shape index (κ3) is 4.32. The summed E-state index contributed by atoms with van der Waals surface area (Å²) in [6.45, 7) is 0.0869. The van der Waals surface area contributed by atoms with Crippen molar-refractivity contribution >= 4 is 39.1 Å². The number of hydrogen-bond acceptors (Lipinski definition) is 3. The number of carbonyl (C=O) groups is 2. The van der Waals surface area contributed by atoms with Crippen molar-refractivity contribution in [2.24, 2.45) is 5.73 Å². The number of nitrogens with two attached hydrogens (primary N) is 1. The minimum atomic E-state index is -0.503. The van der Waals surface area contributed by atoms with E-state index in [9.17, 15) is 9.59 Å². The Kier molecular flexibility index (Phi) is 4.94. The first kappa shape index (κ1) is 15.1. The highest BCUT2D eigenvalue weighted by Gasteiger charge is 2.06. The number of anilines is 2. The molecule has 0 aliphatic carbocycles. The summed E-state index contributed by atoms with van der Waals surface area (Å²) in [4.78, 5) is 23.0. The molecule has 0 unspecified atom stereocenters. The van der Waals surface area contributed by atoms with Gasteiger partial charge in [0.2, 0.25) is 11.8 Å². The van der Waals surface area contributed by atoms with Crippen LogP contribution in [0.15, 0.2) is 53.0 Å². The second kappa shape index (κ2) is 6.90. The monoisotopic (exact) mass is 347 g/mol. The summed E-state index contributed by atoms with van der Waals surface area (Å²) in [6.07, 6.45) is 0. The van der Waals surface area contributed by atoms with Crippen LogP contribution < -0.4 is 16.4 Å². The average Bonchev–Trinajstić information content (AvgIpc) is 2.48. The van der Waals surface area contributed by atoms with Crippen LogP contribution in [0.25, 0.3) is 0 Å². The van der Waals surface area contributed by atoms with Crippen molar-refractivity contribution in [1.82, 2.24) is 0 Å². The Morgan fingerprint density at radius 1 is 1.10 bits per heavy atom. The zero-order valence-corrected chi connectivity index (χ0v) is 12.7. The molecule has 0 fully saturated rings. The molecule has 0 heterocycles. The summed E-state index contributed by atoms with van der Waals surface area (Å²) in [6, 6.07) is 14.0. The Morgan fingerprint density at radius 3 is 2.57 bits per heavy atom. The first-order chi connectivity index (χ1) is 10.1. The maximum atomic E-state index is 11.9. The molecule has 0 bridgehead atoms. The van der Waals surface area contributed by atoms with Gasteiger partial charge in [0.1, 0.15) is 0 Å². The van der Waals surface area contributed by atoms with Crippen LogP contribution in [-0.2, 0) is 4.79 Å². The predicted octanol–water partition coefficient (Wildman–Crippen LogP) is 2.60. The van der Waals surface area contributed by atoms with Gasteiger partial charge in [-0.2, -0.15) is 0 Å². The van der Waals surface area contributed by atoms with Gasteiger partial charge in [0.15, 0.2) is 0 Å². The molecule has 4 N–H and O–H groups in total. The van der Waals surface area contributed by atoms with Gasteiger partial charge in [-0.05, 0) is 46.3 Å². The van der Waals surface area contributed by atoms with Crippen LogP contribution in [0.2, 0.25) is 0 Å². The molecule has 108 valence electrons. The molecule has 2 aromatic carbocycles. The molecule has 6 heteroatoms. The minimum absolute atomic E-state index is 0.0869. The van der Waals surface area contributed by atoms with Crippen LogP contribution in [-0.4, -0.2) is 18.4 Å². The van der Waals surface area contributed by atoms with Crippen molar-refractivity contribution in [3.8, 4) is 0 Å². The summed E-state index contributed by atoms with van der Waals surface area (Å²) in [7, 11) is 0. The molecule has 0 radical (unpaired) electrons. The molecule has 0 aliphatic rings. The number of hydrogen-bond donors (Lipinski definition) is 3. The smallest absolute Gasteiger partial charge is 0.248 e. The van der Waals surface area contributed by atoms with E-state index in [0.717, 1.165) is 4.47 Å². The van der Waals surface area contributed by atoms with Gasteiger partial charge in [0.05, 0.1) is 12.2 Å². The molecule has 0 atom stereocenters. The lowest BCUT2D eigenvalue weighted by molar-refractivity contribution is -0.114. The van der Waals surface area contributed by atoms with Gasteiger partial charge in [-0.3, -0.25) is 9.59 Å². The van der Waals surface area contributed by atoms with Gasteiger partial charge in [-0.25, -0.2) is 0 Å². The van der Waals surface area contributed by atoms with Crippen molar-refractivity contribution in [2.45, 2.75) is 0 Å². The third-order valence-corrected chi connectivity index (χ3v) is 3.44. The first-order valence-corrected chi connectivity index (χ1v) is 7.03. The first-order valence-electron chi connectivity index (χ1n) is 6.24. The molecular weight excluding hydrogens is 334 g/mol. The summed E-state index contributed by atoms with van der Waals surface area (Å²) in [5.74, 6) is -0.692. The number of nitrogens with one attached hydrogen (secondary N) is 2. The van der Waals surface area contributed by atoms with Crippen LogP contribution in [0.1, 0.15) is 10.4 Å². The zero-order chi connectivity index (χ0) is 15.2. The third-order valence-electron chi connectivity index (χ3n) is 2.75. The maximum absolute atomic E-state index is 11.9. The van der Waals surface area contributed by atoms with Crippen LogP contribution in [0.3, 0.4) is 0 Å².